The number of carbonyl (C=O) groups excluding carboxylic acids is 2. The summed E-state index contributed by atoms with van der Waals surface area (Å²) in [6.07, 6.45) is 1.14. The standard InChI is InChI=1S/C24H26Cl2N4O2/c1-4-8-24(32)29(16(2)3)15-23(31)27-22-14-21(17-9-6-5-7-10-17)28-30(22)18-11-12-19(25)20(26)13-18/h5-7,9-14,16H,4,8,15H2,1-3H3,(H,27,31). The van der Waals surface area contributed by atoms with Gasteiger partial charge in [0.05, 0.1) is 21.4 Å². The minimum absolute atomic E-state index is 0.0380. The molecule has 0 saturated heterocycles. The van der Waals surface area contributed by atoms with Gasteiger partial charge in [0.2, 0.25) is 11.8 Å². The highest BCUT2D eigenvalue weighted by molar-refractivity contribution is 6.42. The van der Waals surface area contributed by atoms with Crippen LogP contribution in [0, 0.1) is 0 Å². The van der Waals surface area contributed by atoms with Crippen molar-refractivity contribution in [1.29, 1.82) is 0 Å². The predicted molar refractivity (Wildman–Crippen MR) is 129 cm³/mol. The van der Waals surface area contributed by atoms with E-state index in [1.165, 1.54) is 0 Å². The van der Waals surface area contributed by atoms with Crippen LogP contribution in [0.15, 0.2) is 54.6 Å². The van der Waals surface area contributed by atoms with Crippen LogP contribution >= 0.6 is 23.2 Å². The summed E-state index contributed by atoms with van der Waals surface area (Å²) in [6, 6.07) is 16.5. The molecule has 1 N–H and O–H groups in total. The first-order valence-electron chi connectivity index (χ1n) is 10.5. The van der Waals surface area contributed by atoms with Gasteiger partial charge in [-0.05, 0) is 38.5 Å². The van der Waals surface area contributed by atoms with Gasteiger partial charge in [0, 0.05) is 24.1 Å². The van der Waals surface area contributed by atoms with Gasteiger partial charge in [-0.1, -0.05) is 60.5 Å². The molecule has 1 aromatic heterocycles. The van der Waals surface area contributed by atoms with Gasteiger partial charge in [-0.25, -0.2) is 4.68 Å². The van der Waals surface area contributed by atoms with Crippen LogP contribution in [0.5, 0.6) is 0 Å². The van der Waals surface area contributed by atoms with Crippen molar-refractivity contribution < 1.29 is 9.59 Å². The number of nitrogens with zero attached hydrogens (tertiary/aromatic N) is 3. The molecule has 8 heteroatoms. The molecule has 168 valence electrons. The van der Waals surface area contributed by atoms with Gasteiger partial charge in [-0.15, -0.1) is 0 Å². The molecule has 0 bridgehead atoms. The van der Waals surface area contributed by atoms with E-state index in [1.54, 1.807) is 33.8 Å². The zero-order chi connectivity index (χ0) is 23.3. The minimum atomic E-state index is -0.302. The van der Waals surface area contributed by atoms with E-state index >= 15 is 0 Å². The highest BCUT2D eigenvalue weighted by Gasteiger charge is 2.21. The number of benzene rings is 2. The molecule has 0 atom stereocenters. The molecule has 0 fully saturated rings. The zero-order valence-corrected chi connectivity index (χ0v) is 19.8. The highest BCUT2D eigenvalue weighted by Crippen LogP contribution is 2.29. The Labute approximate surface area is 198 Å². The minimum Gasteiger partial charge on any atom is -0.331 e. The molecule has 3 aromatic rings. The molecule has 0 spiro atoms. The normalized spacial score (nSPS) is 10.9. The van der Waals surface area contributed by atoms with Crippen LogP contribution < -0.4 is 5.32 Å². The van der Waals surface area contributed by atoms with Gasteiger partial charge >= 0.3 is 0 Å². The summed E-state index contributed by atoms with van der Waals surface area (Å²) in [6.45, 7) is 5.70. The van der Waals surface area contributed by atoms with Crippen LogP contribution in [0.4, 0.5) is 5.82 Å². The Balaban J connectivity index is 1.93. The fourth-order valence-corrected chi connectivity index (χ4v) is 3.58. The van der Waals surface area contributed by atoms with Crippen molar-refractivity contribution in [2.24, 2.45) is 0 Å². The Morgan fingerprint density at radius 1 is 1.06 bits per heavy atom. The molecule has 32 heavy (non-hydrogen) atoms. The van der Waals surface area contributed by atoms with Gasteiger partial charge in [-0.2, -0.15) is 5.10 Å². The summed E-state index contributed by atoms with van der Waals surface area (Å²) in [5, 5.41) is 8.39. The maximum absolute atomic E-state index is 12.9. The summed E-state index contributed by atoms with van der Waals surface area (Å²) in [4.78, 5) is 26.9. The molecule has 0 unspecified atom stereocenters. The van der Waals surface area contributed by atoms with Crippen LogP contribution in [-0.4, -0.2) is 39.1 Å². The Morgan fingerprint density at radius 2 is 1.78 bits per heavy atom. The van der Waals surface area contributed by atoms with Crippen molar-refractivity contribution in [3.63, 3.8) is 0 Å². The fraction of sp³-hybridized carbons (Fsp3) is 0.292. The van der Waals surface area contributed by atoms with Crippen molar-refractivity contribution in [3.05, 3.63) is 64.6 Å². The third kappa shape index (κ3) is 5.69. The molecular formula is C24H26Cl2N4O2. The summed E-state index contributed by atoms with van der Waals surface area (Å²) in [7, 11) is 0. The van der Waals surface area contributed by atoms with Gasteiger partial charge in [0.25, 0.3) is 0 Å². The Morgan fingerprint density at radius 3 is 2.41 bits per heavy atom. The third-order valence-electron chi connectivity index (χ3n) is 4.92. The van der Waals surface area contributed by atoms with Crippen LogP contribution in [0.1, 0.15) is 33.6 Å². The fourth-order valence-electron chi connectivity index (χ4n) is 3.29. The monoisotopic (exact) mass is 472 g/mol. The Bertz CT molecular complexity index is 1100. The molecule has 0 aliphatic carbocycles. The van der Waals surface area contributed by atoms with E-state index in [0.29, 0.717) is 33.7 Å². The molecule has 3 rings (SSSR count). The second kappa shape index (κ2) is 10.7. The first kappa shape index (κ1) is 23.8. The number of carbonyl (C=O) groups is 2. The second-order valence-corrected chi connectivity index (χ2v) is 8.52. The summed E-state index contributed by atoms with van der Waals surface area (Å²) in [5.74, 6) is 0.128. The van der Waals surface area contributed by atoms with Gasteiger partial charge < -0.3 is 10.2 Å². The quantitative estimate of drug-likeness (QED) is 0.448. The zero-order valence-electron chi connectivity index (χ0n) is 18.3. The van der Waals surface area contributed by atoms with E-state index in [1.807, 2.05) is 51.1 Å². The number of rotatable bonds is 8. The van der Waals surface area contributed by atoms with Crippen LogP contribution in [0.25, 0.3) is 16.9 Å². The van der Waals surface area contributed by atoms with Crippen molar-refractivity contribution in [2.45, 2.75) is 39.7 Å². The summed E-state index contributed by atoms with van der Waals surface area (Å²) >= 11 is 12.3. The largest absolute Gasteiger partial charge is 0.331 e. The average molecular weight is 473 g/mol. The molecule has 0 aliphatic rings. The number of hydrogen-bond donors (Lipinski definition) is 1. The number of aromatic nitrogens is 2. The lowest BCUT2D eigenvalue weighted by Crippen LogP contribution is -2.42. The lowest BCUT2D eigenvalue weighted by Gasteiger charge is -2.26. The third-order valence-corrected chi connectivity index (χ3v) is 5.65. The van der Waals surface area contributed by atoms with Crippen molar-refractivity contribution in [3.8, 4) is 16.9 Å². The maximum Gasteiger partial charge on any atom is 0.245 e. The van der Waals surface area contributed by atoms with E-state index in [9.17, 15) is 9.59 Å². The molecular weight excluding hydrogens is 447 g/mol. The second-order valence-electron chi connectivity index (χ2n) is 7.70. The lowest BCUT2D eigenvalue weighted by molar-refractivity contribution is -0.136. The van der Waals surface area contributed by atoms with Crippen molar-refractivity contribution >= 4 is 40.8 Å². The van der Waals surface area contributed by atoms with E-state index < -0.39 is 0 Å². The maximum atomic E-state index is 12.9. The lowest BCUT2D eigenvalue weighted by atomic mass is 10.1. The molecule has 0 radical (unpaired) electrons. The molecule has 0 aliphatic heterocycles. The smallest absolute Gasteiger partial charge is 0.245 e. The number of halogens is 2. The first-order valence-corrected chi connectivity index (χ1v) is 11.3. The highest BCUT2D eigenvalue weighted by atomic mass is 35.5. The summed E-state index contributed by atoms with van der Waals surface area (Å²) in [5.41, 5.74) is 2.25. The van der Waals surface area contributed by atoms with Gasteiger partial charge in [0.15, 0.2) is 0 Å². The molecule has 1 heterocycles. The number of hydrogen-bond acceptors (Lipinski definition) is 3. The van der Waals surface area contributed by atoms with E-state index in [-0.39, 0.29) is 24.4 Å². The van der Waals surface area contributed by atoms with E-state index in [4.69, 9.17) is 23.2 Å². The number of anilines is 1. The van der Waals surface area contributed by atoms with E-state index in [2.05, 4.69) is 10.4 Å². The Hall–Kier alpha value is -2.83. The molecule has 0 saturated carbocycles. The van der Waals surface area contributed by atoms with Gasteiger partial charge in [0.1, 0.15) is 12.4 Å². The molecule has 6 nitrogen and oxygen atoms in total. The van der Waals surface area contributed by atoms with Crippen molar-refractivity contribution in [1.82, 2.24) is 14.7 Å². The van der Waals surface area contributed by atoms with Gasteiger partial charge in [-0.3, -0.25) is 9.59 Å². The van der Waals surface area contributed by atoms with Crippen LogP contribution in [-0.2, 0) is 9.59 Å². The average Bonchev–Trinajstić information content (AvgIpc) is 3.18. The molecule has 2 amide bonds. The Kier molecular flexibility index (Phi) is 7.94. The first-order chi connectivity index (χ1) is 15.3. The van der Waals surface area contributed by atoms with Crippen LogP contribution in [0.2, 0.25) is 10.0 Å². The number of nitrogens with one attached hydrogen (secondary N) is 1. The van der Waals surface area contributed by atoms with Crippen LogP contribution in [0.3, 0.4) is 0 Å². The molecule has 2 aromatic carbocycles. The number of amides is 2. The van der Waals surface area contributed by atoms with E-state index in [0.717, 1.165) is 12.0 Å². The van der Waals surface area contributed by atoms with Crippen molar-refractivity contribution in [2.75, 3.05) is 11.9 Å². The predicted octanol–water partition coefficient (Wildman–Crippen LogP) is 5.82. The topological polar surface area (TPSA) is 67.2 Å². The SMILES string of the molecule is CCCC(=O)N(CC(=O)Nc1cc(-c2ccccc2)nn1-c1ccc(Cl)c(Cl)c1)C(C)C. The summed E-state index contributed by atoms with van der Waals surface area (Å²) < 4.78 is 1.61.